The minimum absolute atomic E-state index is 0.0351. The number of nitrogens with one attached hydrogen (secondary N) is 1. The van der Waals surface area contributed by atoms with Gasteiger partial charge in [0.15, 0.2) is 15.7 Å². The maximum atomic E-state index is 13.6. The lowest BCUT2D eigenvalue weighted by molar-refractivity contribution is -0.111. The van der Waals surface area contributed by atoms with Crippen LogP contribution in [0.4, 0.5) is 23.4 Å². The van der Waals surface area contributed by atoms with E-state index in [4.69, 9.17) is 0 Å². The zero-order chi connectivity index (χ0) is 22.1. The lowest BCUT2D eigenvalue weighted by atomic mass is 9.98. The molecule has 0 aliphatic heterocycles. The van der Waals surface area contributed by atoms with Crippen molar-refractivity contribution in [3.63, 3.8) is 0 Å². The van der Waals surface area contributed by atoms with Crippen LogP contribution in [0.3, 0.4) is 0 Å². The van der Waals surface area contributed by atoms with E-state index in [1.807, 2.05) is 0 Å². The van der Waals surface area contributed by atoms with Crippen molar-refractivity contribution in [3.05, 3.63) is 48.2 Å². The highest BCUT2D eigenvalue weighted by molar-refractivity contribution is 7.90. The molecule has 1 saturated carbocycles. The molecule has 1 unspecified atom stereocenters. The molecule has 0 bridgehead atoms. The van der Waals surface area contributed by atoms with Crippen molar-refractivity contribution in [1.82, 2.24) is 9.78 Å². The topological polar surface area (TPSA) is 81.1 Å². The summed E-state index contributed by atoms with van der Waals surface area (Å²) in [5.74, 6) is -1.40. The Morgan fingerprint density at radius 2 is 1.77 bits per heavy atom. The summed E-state index contributed by atoms with van der Waals surface area (Å²) in [6, 6.07) is 6.59. The SMILES string of the molecule is CS(=O)(=O)c1ccc(C(=CC2C[C@@H](F)[C@@H](F)C2)C(=O)Nc2ccn(C(F)F)n2)cc1. The number of carbonyl (C=O) groups excluding carboxylic acids is 1. The molecule has 0 radical (unpaired) electrons. The Morgan fingerprint density at radius 1 is 1.17 bits per heavy atom. The molecule has 30 heavy (non-hydrogen) atoms. The number of alkyl halides is 4. The zero-order valence-electron chi connectivity index (χ0n) is 15.8. The molecular weight excluding hydrogens is 426 g/mol. The van der Waals surface area contributed by atoms with Crippen LogP contribution in [0.1, 0.15) is 25.0 Å². The van der Waals surface area contributed by atoms with E-state index in [0.717, 1.165) is 12.5 Å². The number of carbonyl (C=O) groups is 1. The number of sulfone groups is 1. The second-order valence-electron chi connectivity index (χ2n) is 7.05. The predicted molar refractivity (Wildman–Crippen MR) is 102 cm³/mol. The van der Waals surface area contributed by atoms with Gasteiger partial charge >= 0.3 is 6.55 Å². The number of nitrogens with zero attached hydrogens (tertiary/aromatic N) is 2. The van der Waals surface area contributed by atoms with Crippen LogP contribution in [-0.2, 0) is 14.6 Å². The lowest BCUT2D eigenvalue weighted by Gasteiger charge is -2.11. The first kappa shape index (κ1) is 22.0. The van der Waals surface area contributed by atoms with E-state index >= 15 is 0 Å². The summed E-state index contributed by atoms with van der Waals surface area (Å²) >= 11 is 0. The van der Waals surface area contributed by atoms with Gasteiger partial charge in [0.25, 0.3) is 5.91 Å². The van der Waals surface area contributed by atoms with E-state index < -0.39 is 40.6 Å². The van der Waals surface area contributed by atoms with Gasteiger partial charge in [0.05, 0.1) is 4.90 Å². The maximum Gasteiger partial charge on any atom is 0.333 e. The number of hydrogen-bond donors (Lipinski definition) is 1. The van der Waals surface area contributed by atoms with Crippen molar-refractivity contribution >= 4 is 27.1 Å². The Hall–Kier alpha value is -2.69. The summed E-state index contributed by atoms with van der Waals surface area (Å²) in [4.78, 5) is 12.8. The number of anilines is 1. The summed E-state index contributed by atoms with van der Waals surface area (Å²) in [5, 5.41) is 5.92. The highest BCUT2D eigenvalue weighted by Crippen LogP contribution is 2.34. The molecule has 1 aromatic carbocycles. The molecule has 3 atom stereocenters. The average Bonchev–Trinajstić information content (AvgIpc) is 3.25. The molecule has 1 aliphatic rings. The smallest absolute Gasteiger partial charge is 0.305 e. The van der Waals surface area contributed by atoms with Crippen molar-refractivity contribution in [1.29, 1.82) is 0 Å². The van der Waals surface area contributed by atoms with Crippen molar-refractivity contribution in [2.24, 2.45) is 5.92 Å². The van der Waals surface area contributed by atoms with E-state index in [-0.39, 0.29) is 29.1 Å². The molecule has 6 nitrogen and oxygen atoms in total. The maximum absolute atomic E-state index is 13.6. The van der Waals surface area contributed by atoms with E-state index in [1.54, 1.807) is 0 Å². The molecule has 1 fully saturated rings. The molecule has 1 aromatic heterocycles. The quantitative estimate of drug-likeness (QED) is 0.542. The average molecular weight is 445 g/mol. The second-order valence-corrected chi connectivity index (χ2v) is 9.07. The molecule has 1 heterocycles. The standard InChI is InChI=1S/C19H19F4N3O3S/c1-30(28,29)13-4-2-12(3-5-13)14(8-11-9-15(20)16(21)10-11)18(27)24-17-6-7-26(25-17)19(22)23/h2-8,11,15-16,19H,9-10H2,1H3,(H,24,25,27)/t11?,15-,16+. The molecule has 0 spiro atoms. The molecule has 1 amide bonds. The van der Waals surface area contributed by atoms with Crippen LogP contribution in [0.15, 0.2) is 47.5 Å². The molecule has 0 saturated heterocycles. The van der Waals surface area contributed by atoms with Crippen LogP contribution in [0.5, 0.6) is 0 Å². The first-order valence-corrected chi connectivity index (χ1v) is 10.9. The Balaban J connectivity index is 1.91. The molecule has 3 rings (SSSR count). The molecule has 1 N–H and O–H groups in total. The Morgan fingerprint density at radius 3 is 2.27 bits per heavy atom. The summed E-state index contributed by atoms with van der Waals surface area (Å²) in [5.41, 5.74) is 0.346. The second kappa shape index (κ2) is 8.58. The Kier molecular flexibility index (Phi) is 6.30. The van der Waals surface area contributed by atoms with Crippen LogP contribution in [-0.4, -0.2) is 42.7 Å². The minimum Gasteiger partial charge on any atom is -0.305 e. The summed E-state index contributed by atoms with van der Waals surface area (Å²) in [6.07, 6.45) is -0.0238. The fourth-order valence-electron chi connectivity index (χ4n) is 3.22. The van der Waals surface area contributed by atoms with Crippen molar-refractivity contribution < 1.29 is 30.8 Å². The first-order chi connectivity index (χ1) is 14.0. The van der Waals surface area contributed by atoms with Gasteiger partial charge in [0.2, 0.25) is 0 Å². The van der Waals surface area contributed by atoms with E-state index in [2.05, 4.69) is 10.4 Å². The van der Waals surface area contributed by atoms with Crippen molar-refractivity contribution in [3.8, 4) is 0 Å². The van der Waals surface area contributed by atoms with Gasteiger partial charge in [-0.3, -0.25) is 4.79 Å². The van der Waals surface area contributed by atoms with Gasteiger partial charge in [-0.25, -0.2) is 21.9 Å². The fourth-order valence-corrected chi connectivity index (χ4v) is 3.85. The number of amides is 1. The van der Waals surface area contributed by atoms with E-state index in [9.17, 15) is 30.8 Å². The van der Waals surface area contributed by atoms with Gasteiger partial charge < -0.3 is 5.32 Å². The van der Waals surface area contributed by atoms with Gasteiger partial charge in [0, 0.05) is 24.1 Å². The van der Waals surface area contributed by atoms with Crippen LogP contribution >= 0.6 is 0 Å². The minimum atomic E-state index is -3.46. The number of hydrogen-bond acceptors (Lipinski definition) is 4. The molecule has 11 heteroatoms. The number of allylic oxidation sites excluding steroid dienone is 1. The number of halogens is 4. The Bertz CT molecular complexity index is 1040. The molecule has 2 aromatic rings. The zero-order valence-corrected chi connectivity index (χ0v) is 16.6. The van der Waals surface area contributed by atoms with Crippen molar-refractivity contribution in [2.45, 2.75) is 36.6 Å². The molecule has 1 aliphatic carbocycles. The number of aromatic nitrogens is 2. The van der Waals surface area contributed by atoms with Crippen LogP contribution in [0.2, 0.25) is 0 Å². The van der Waals surface area contributed by atoms with Gasteiger partial charge in [0.1, 0.15) is 12.3 Å². The number of rotatable bonds is 6. The van der Waals surface area contributed by atoms with Crippen LogP contribution in [0.25, 0.3) is 5.57 Å². The van der Waals surface area contributed by atoms with E-state index in [1.165, 1.54) is 36.4 Å². The van der Waals surface area contributed by atoms with Crippen LogP contribution < -0.4 is 5.32 Å². The highest BCUT2D eigenvalue weighted by atomic mass is 32.2. The van der Waals surface area contributed by atoms with Crippen molar-refractivity contribution in [2.75, 3.05) is 11.6 Å². The summed E-state index contributed by atoms with van der Waals surface area (Å²) < 4.78 is 76.2. The van der Waals surface area contributed by atoms with Crippen LogP contribution in [0, 0.1) is 5.92 Å². The van der Waals surface area contributed by atoms with Gasteiger partial charge in [-0.2, -0.15) is 13.9 Å². The monoisotopic (exact) mass is 445 g/mol. The van der Waals surface area contributed by atoms with E-state index in [0.29, 0.717) is 10.2 Å². The third kappa shape index (κ3) is 5.07. The van der Waals surface area contributed by atoms with Gasteiger partial charge in [-0.05, 0) is 36.5 Å². The summed E-state index contributed by atoms with van der Waals surface area (Å²) in [6.45, 7) is -2.88. The Labute approximate surface area is 170 Å². The lowest BCUT2D eigenvalue weighted by Crippen LogP contribution is -2.15. The highest BCUT2D eigenvalue weighted by Gasteiger charge is 2.34. The molecule has 162 valence electrons. The molecular formula is C19H19F4N3O3S. The van der Waals surface area contributed by atoms with Gasteiger partial charge in [-0.15, -0.1) is 0 Å². The van der Waals surface area contributed by atoms with Gasteiger partial charge in [-0.1, -0.05) is 18.2 Å². The largest absolute Gasteiger partial charge is 0.333 e. The predicted octanol–water partition coefficient (Wildman–Crippen LogP) is 3.79. The first-order valence-electron chi connectivity index (χ1n) is 8.99. The number of benzene rings is 1. The summed E-state index contributed by atoms with van der Waals surface area (Å²) in [7, 11) is -3.46. The third-order valence-corrected chi connectivity index (χ3v) is 5.87. The third-order valence-electron chi connectivity index (χ3n) is 4.74. The normalized spacial score (nSPS) is 22.5. The fraction of sp³-hybridized carbons (Fsp3) is 0.368.